The van der Waals surface area contributed by atoms with Gasteiger partial charge in [0.05, 0.1) is 19.6 Å². The Morgan fingerprint density at radius 3 is 2.50 bits per heavy atom. The van der Waals surface area contributed by atoms with Gasteiger partial charge in [0.25, 0.3) is 0 Å². The molecule has 0 radical (unpaired) electrons. The predicted octanol–water partition coefficient (Wildman–Crippen LogP) is 2.29. The molecule has 0 unspecified atom stereocenters. The molecular formula is C15H28N+. The Morgan fingerprint density at radius 1 is 1.19 bits per heavy atom. The molecule has 16 heavy (non-hydrogen) atoms. The lowest BCUT2D eigenvalue weighted by Gasteiger charge is -2.36. The Morgan fingerprint density at radius 2 is 1.88 bits per heavy atom. The highest BCUT2D eigenvalue weighted by atomic mass is 15.1. The summed E-state index contributed by atoms with van der Waals surface area (Å²) in [6, 6.07) is 0. The lowest BCUT2D eigenvalue weighted by atomic mass is 9.74. The summed E-state index contributed by atoms with van der Waals surface area (Å²) in [5, 5.41) is 0. The topological polar surface area (TPSA) is 4.44 Å². The summed E-state index contributed by atoms with van der Waals surface area (Å²) in [6.45, 7) is 11.5. The zero-order valence-electron chi connectivity index (χ0n) is 11.3. The molecule has 1 heterocycles. The van der Waals surface area contributed by atoms with Gasteiger partial charge in [-0.25, -0.2) is 0 Å². The molecule has 0 saturated carbocycles. The van der Waals surface area contributed by atoms with Crippen molar-refractivity contribution in [3.63, 3.8) is 0 Å². The Balaban J connectivity index is 1.92. The van der Waals surface area contributed by atoms with Crippen LogP contribution >= 0.6 is 0 Å². The smallest absolute Gasteiger partial charge is 0.0807 e. The van der Waals surface area contributed by atoms with Crippen LogP contribution in [0.15, 0.2) is 11.6 Å². The molecule has 1 nitrogen and oxygen atoms in total. The van der Waals surface area contributed by atoms with Crippen LogP contribution in [0.25, 0.3) is 0 Å². The summed E-state index contributed by atoms with van der Waals surface area (Å²) in [6.07, 6.45) is 8.24. The van der Waals surface area contributed by atoms with Crippen LogP contribution in [0.1, 0.15) is 46.5 Å². The van der Waals surface area contributed by atoms with Gasteiger partial charge in [-0.1, -0.05) is 25.5 Å². The highest BCUT2D eigenvalue weighted by Crippen LogP contribution is 2.32. The van der Waals surface area contributed by atoms with Gasteiger partial charge in [-0.15, -0.1) is 0 Å². The molecule has 0 amide bonds. The lowest BCUT2D eigenvalue weighted by Crippen LogP contribution is -3.13. The quantitative estimate of drug-likeness (QED) is 0.684. The van der Waals surface area contributed by atoms with E-state index >= 15 is 0 Å². The maximum Gasteiger partial charge on any atom is 0.0807 e. The molecule has 1 heteroatoms. The molecule has 1 aliphatic carbocycles. The average Bonchev–Trinajstić information content (AvgIpc) is 2.25. The van der Waals surface area contributed by atoms with E-state index in [1.54, 1.807) is 5.57 Å². The van der Waals surface area contributed by atoms with Crippen molar-refractivity contribution in [1.82, 2.24) is 0 Å². The van der Waals surface area contributed by atoms with Gasteiger partial charge in [0.2, 0.25) is 0 Å². The molecule has 2 aliphatic rings. The first kappa shape index (κ1) is 12.2. The van der Waals surface area contributed by atoms with Gasteiger partial charge in [0.1, 0.15) is 0 Å². The zero-order valence-corrected chi connectivity index (χ0v) is 11.3. The molecule has 2 rings (SSSR count). The van der Waals surface area contributed by atoms with Crippen molar-refractivity contribution in [2.45, 2.75) is 46.5 Å². The number of likely N-dealkylation sites (tertiary alicyclic amines) is 1. The standard InChI is InChI=1S/C15H27N/c1-12-9-13(2)15(14(3)10-12)11-16-7-5-4-6-8-16/h9,13-15H,4-8,10-11H2,1-3H3/p+1/t13-,14+,15-/m0/s1. The fourth-order valence-corrected chi connectivity index (χ4v) is 3.79. The van der Waals surface area contributed by atoms with Gasteiger partial charge in [-0.2, -0.15) is 0 Å². The molecule has 3 atom stereocenters. The third-order valence-electron chi connectivity index (χ3n) is 4.68. The number of allylic oxidation sites excluding steroid dienone is 2. The van der Waals surface area contributed by atoms with Gasteiger partial charge in [-0.05, 0) is 44.4 Å². The number of quaternary nitrogens is 1. The number of nitrogens with one attached hydrogen (secondary N) is 1. The van der Waals surface area contributed by atoms with Crippen LogP contribution in [0, 0.1) is 17.8 Å². The number of hydrogen-bond acceptors (Lipinski definition) is 0. The second kappa shape index (κ2) is 5.35. The molecule has 1 fully saturated rings. The maximum atomic E-state index is 2.52. The minimum absolute atomic E-state index is 0.804. The van der Waals surface area contributed by atoms with Crippen molar-refractivity contribution in [3.8, 4) is 0 Å². The average molecular weight is 222 g/mol. The molecular weight excluding hydrogens is 194 g/mol. The van der Waals surface area contributed by atoms with Gasteiger partial charge in [-0.3, -0.25) is 0 Å². The van der Waals surface area contributed by atoms with E-state index in [-0.39, 0.29) is 0 Å². The van der Waals surface area contributed by atoms with E-state index in [2.05, 4.69) is 26.8 Å². The van der Waals surface area contributed by atoms with Crippen molar-refractivity contribution < 1.29 is 4.90 Å². The first-order chi connectivity index (χ1) is 7.66. The first-order valence-corrected chi connectivity index (χ1v) is 7.17. The monoisotopic (exact) mass is 222 g/mol. The molecule has 0 bridgehead atoms. The van der Waals surface area contributed by atoms with E-state index in [0.717, 1.165) is 17.8 Å². The summed E-state index contributed by atoms with van der Waals surface area (Å²) >= 11 is 0. The summed E-state index contributed by atoms with van der Waals surface area (Å²) in [7, 11) is 0. The largest absolute Gasteiger partial charge is 0.335 e. The SMILES string of the molecule is CC1=C[C@H](C)[C@H](C[NH+]2CCCCC2)[C@H](C)C1. The van der Waals surface area contributed by atoms with E-state index in [0.29, 0.717) is 0 Å². The summed E-state index contributed by atoms with van der Waals surface area (Å²) in [5.41, 5.74) is 1.62. The Bertz CT molecular complexity index is 250. The number of rotatable bonds is 2. The fourth-order valence-electron chi connectivity index (χ4n) is 3.79. The molecule has 0 aromatic heterocycles. The summed E-state index contributed by atoms with van der Waals surface area (Å²) in [4.78, 5) is 1.88. The van der Waals surface area contributed by atoms with Crippen molar-refractivity contribution in [2.75, 3.05) is 19.6 Å². The van der Waals surface area contributed by atoms with Crippen LogP contribution in [0.2, 0.25) is 0 Å². The van der Waals surface area contributed by atoms with E-state index < -0.39 is 0 Å². The molecule has 1 aliphatic heterocycles. The van der Waals surface area contributed by atoms with Crippen molar-refractivity contribution in [1.29, 1.82) is 0 Å². The predicted molar refractivity (Wildman–Crippen MR) is 69.6 cm³/mol. The first-order valence-electron chi connectivity index (χ1n) is 7.17. The highest BCUT2D eigenvalue weighted by molar-refractivity contribution is 5.07. The molecule has 1 saturated heterocycles. The van der Waals surface area contributed by atoms with Crippen molar-refractivity contribution in [3.05, 3.63) is 11.6 Å². The Hall–Kier alpha value is -0.300. The molecule has 0 aromatic carbocycles. The molecule has 92 valence electrons. The van der Waals surface area contributed by atoms with Crippen LogP contribution in [0.5, 0.6) is 0 Å². The zero-order chi connectivity index (χ0) is 11.5. The summed E-state index contributed by atoms with van der Waals surface area (Å²) < 4.78 is 0. The minimum atomic E-state index is 0.804. The van der Waals surface area contributed by atoms with Crippen molar-refractivity contribution in [2.24, 2.45) is 17.8 Å². The van der Waals surface area contributed by atoms with Crippen LogP contribution in [0.4, 0.5) is 0 Å². The second-order valence-corrected chi connectivity index (χ2v) is 6.23. The van der Waals surface area contributed by atoms with Crippen molar-refractivity contribution >= 4 is 0 Å². The number of piperidine rings is 1. The normalized spacial score (nSPS) is 37.2. The number of hydrogen-bond donors (Lipinski definition) is 1. The Kier molecular flexibility index (Phi) is 4.07. The van der Waals surface area contributed by atoms with Gasteiger partial charge >= 0.3 is 0 Å². The highest BCUT2D eigenvalue weighted by Gasteiger charge is 2.30. The van der Waals surface area contributed by atoms with Crippen LogP contribution in [0.3, 0.4) is 0 Å². The summed E-state index contributed by atoms with van der Waals surface area (Å²) in [5.74, 6) is 2.63. The van der Waals surface area contributed by atoms with E-state index in [9.17, 15) is 0 Å². The maximum absolute atomic E-state index is 2.52. The second-order valence-electron chi connectivity index (χ2n) is 6.23. The molecule has 1 N–H and O–H groups in total. The third kappa shape index (κ3) is 2.88. The lowest BCUT2D eigenvalue weighted by molar-refractivity contribution is -0.909. The molecule has 0 aromatic rings. The minimum Gasteiger partial charge on any atom is -0.335 e. The third-order valence-corrected chi connectivity index (χ3v) is 4.68. The van der Waals surface area contributed by atoms with Gasteiger partial charge in [0, 0.05) is 5.92 Å². The van der Waals surface area contributed by atoms with Gasteiger partial charge in [0.15, 0.2) is 0 Å². The fraction of sp³-hybridized carbons (Fsp3) is 0.867. The van der Waals surface area contributed by atoms with Crippen LogP contribution < -0.4 is 4.90 Å². The van der Waals surface area contributed by atoms with Crippen LogP contribution in [-0.4, -0.2) is 19.6 Å². The van der Waals surface area contributed by atoms with Crippen LogP contribution in [-0.2, 0) is 0 Å². The van der Waals surface area contributed by atoms with E-state index in [1.165, 1.54) is 45.3 Å². The Labute approximate surface area is 101 Å². The van der Waals surface area contributed by atoms with E-state index in [1.807, 2.05) is 4.90 Å². The van der Waals surface area contributed by atoms with Gasteiger partial charge < -0.3 is 4.90 Å². The van der Waals surface area contributed by atoms with E-state index in [4.69, 9.17) is 0 Å². The molecule has 0 spiro atoms.